The van der Waals surface area contributed by atoms with Gasteiger partial charge in [0.25, 0.3) is 0 Å². The predicted octanol–water partition coefficient (Wildman–Crippen LogP) is 1.86. The first-order valence-electron chi connectivity index (χ1n) is 5.47. The summed E-state index contributed by atoms with van der Waals surface area (Å²) in [6.45, 7) is 6.58. The van der Waals surface area contributed by atoms with E-state index in [2.05, 4.69) is 4.98 Å². The molecule has 1 rings (SSSR count). The molecule has 0 amide bonds. The lowest BCUT2D eigenvalue weighted by Gasteiger charge is -2.27. The molecule has 0 radical (unpaired) electrons. The zero-order valence-electron chi connectivity index (χ0n) is 10.0. The van der Waals surface area contributed by atoms with E-state index >= 15 is 0 Å². The second kappa shape index (κ2) is 6.10. The molecule has 0 aromatic carbocycles. The van der Waals surface area contributed by atoms with Gasteiger partial charge in [0.2, 0.25) is 0 Å². The van der Waals surface area contributed by atoms with Gasteiger partial charge in [-0.1, -0.05) is 0 Å². The number of carbonyl (C=O) groups is 1. The fourth-order valence-electron chi connectivity index (χ4n) is 1.45. The molecule has 1 heterocycles. The molecule has 4 heteroatoms. The van der Waals surface area contributed by atoms with Crippen molar-refractivity contribution >= 4 is 11.7 Å². The number of rotatable bonds is 5. The Morgan fingerprint density at radius 1 is 1.44 bits per heavy atom. The number of nitrogens with zero attached hydrogens (tertiary/aromatic N) is 2. The Kier molecular flexibility index (Phi) is 4.76. The van der Waals surface area contributed by atoms with Crippen LogP contribution in [0, 0.1) is 0 Å². The topological polar surface area (TPSA) is 42.4 Å². The summed E-state index contributed by atoms with van der Waals surface area (Å²) in [5.74, 6) is -0.201. The Balaban J connectivity index is 2.73. The van der Waals surface area contributed by atoms with Gasteiger partial charge in [0.05, 0.1) is 6.61 Å². The van der Waals surface area contributed by atoms with Crippen LogP contribution in [0.2, 0.25) is 0 Å². The number of aromatic nitrogens is 1. The molecule has 0 aliphatic carbocycles. The Morgan fingerprint density at radius 3 is 2.56 bits per heavy atom. The van der Waals surface area contributed by atoms with Crippen LogP contribution in [0.4, 0.5) is 5.69 Å². The van der Waals surface area contributed by atoms with Crippen molar-refractivity contribution in [3.05, 3.63) is 24.5 Å². The van der Waals surface area contributed by atoms with Crippen LogP contribution in [0.25, 0.3) is 0 Å². The lowest BCUT2D eigenvalue weighted by Crippen LogP contribution is -2.36. The standard InChI is InChI=1S/C12H18N2O2/c1-4-16-12(15)9-14(10(2)3)11-5-7-13-8-6-11/h5-8,10H,4,9H2,1-3H3. The minimum atomic E-state index is -0.201. The van der Waals surface area contributed by atoms with Crippen LogP contribution in [-0.4, -0.2) is 30.1 Å². The van der Waals surface area contributed by atoms with Crippen LogP contribution in [0.5, 0.6) is 0 Å². The van der Waals surface area contributed by atoms with Crippen LogP contribution in [0.1, 0.15) is 20.8 Å². The molecule has 0 bridgehead atoms. The molecule has 1 aromatic rings. The second-order valence-corrected chi connectivity index (χ2v) is 3.73. The van der Waals surface area contributed by atoms with Crippen molar-refractivity contribution in [2.75, 3.05) is 18.1 Å². The first-order valence-corrected chi connectivity index (χ1v) is 5.47. The Bertz CT molecular complexity index is 325. The van der Waals surface area contributed by atoms with Crippen molar-refractivity contribution in [1.82, 2.24) is 4.98 Å². The van der Waals surface area contributed by atoms with E-state index in [1.54, 1.807) is 12.4 Å². The number of hydrogen-bond acceptors (Lipinski definition) is 4. The molecule has 4 nitrogen and oxygen atoms in total. The summed E-state index contributed by atoms with van der Waals surface area (Å²) in [5.41, 5.74) is 0.984. The highest BCUT2D eigenvalue weighted by Gasteiger charge is 2.14. The zero-order valence-corrected chi connectivity index (χ0v) is 10.0. The van der Waals surface area contributed by atoms with Gasteiger partial charge in [0, 0.05) is 24.1 Å². The van der Waals surface area contributed by atoms with Crippen LogP contribution in [0.15, 0.2) is 24.5 Å². The third-order valence-corrected chi connectivity index (χ3v) is 2.22. The third-order valence-electron chi connectivity index (χ3n) is 2.22. The molecule has 0 atom stereocenters. The predicted molar refractivity (Wildman–Crippen MR) is 63.4 cm³/mol. The van der Waals surface area contributed by atoms with Gasteiger partial charge in [-0.25, -0.2) is 0 Å². The van der Waals surface area contributed by atoms with Crippen molar-refractivity contribution in [3.8, 4) is 0 Å². The number of pyridine rings is 1. The largest absolute Gasteiger partial charge is 0.465 e. The van der Waals surface area contributed by atoms with Gasteiger partial charge in [-0.15, -0.1) is 0 Å². The molecule has 0 aliphatic rings. The highest BCUT2D eigenvalue weighted by molar-refractivity contribution is 5.75. The molecular formula is C12H18N2O2. The van der Waals surface area contributed by atoms with Crippen molar-refractivity contribution in [2.45, 2.75) is 26.8 Å². The first-order chi connectivity index (χ1) is 7.65. The summed E-state index contributed by atoms with van der Waals surface area (Å²) < 4.78 is 4.95. The molecular weight excluding hydrogens is 204 g/mol. The van der Waals surface area contributed by atoms with E-state index < -0.39 is 0 Å². The summed E-state index contributed by atoms with van der Waals surface area (Å²) in [6.07, 6.45) is 3.44. The smallest absolute Gasteiger partial charge is 0.325 e. The molecule has 0 N–H and O–H groups in total. The number of esters is 1. The van der Waals surface area contributed by atoms with Gasteiger partial charge >= 0.3 is 5.97 Å². The normalized spacial score (nSPS) is 10.2. The van der Waals surface area contributed by atoms with E-state index in [-0.39, 0.29) is 18.6 Å². The van der Waals surface area contributed by atoms with Crippen LogP contribution in [0.3, 0.4) is 0 Å². The van der Waals surface area contributed by atoms with Gasteiger partial charge in [0.1, 0.15) is 6.54 Å². The SMILES string of the molecule is CCOC(=O)CN(c1ccncc1)C(C)C. The number of anilines is 1. The molecule has 0 saturated carbocycles. The van der Waals surface area contributed by atoms with Crippen LogP contribution >= 0.6 is 0 Å². The van der Waals surface area contributed by atoms with Gasteiger partial charge in [-0.2, -0.15) is 0 Å². The highest BCUT2D eigenvalue weighted by Crippen LogP contribution is 2.15. The fraction of sp³-hybridized carbons (Fsp3) is 0.500. The van der Waals surface area contributed by atoms with E-state index in [0.717, 1.165) is 5.69 Å². The third kappa shape index (κ3) is 3.53. The zero-order chi connectivity index (χ0) is 12.0. The maximum absolute atomic E-state index is 11.5. The molecule has 0 unspecified atom stereocenters. The Morgan fingerprint density at radius 2 is 2.06 bits per heavy atom. The van der Waals surface area contributed by atoms with E-state index in [0.29, 0.717) is 6.61 Å². The average molecular weight is 222 g/mol. The minimum absolute atomic E-state index is 0.201. The average Bonchev–Trinajstić information content (AvgIpc) is 2.27. The van der Waals surface area contributed by atoms with E-state index in [4.69, 9.17) is 4.74 Å². The molecule has 0 saturated heterocycles. The van der Waals surface area contributed by atoms with Crippen molar-refractivity contribution < 1.29 is 9.53 Å². The quantitative estimate of drug-likeness (QED) is 0.713. The number of carbonyl (C=O) groups excluding carboxylic acids is 1. The van der Waals surface area contributed by atoms with Gasteiger partial charge in [0.15, 0.2) is 0 Å². The van der Waals surface area contributed by atoms with E-state index in [1.807, 2.05) is 37.8 Å². The Labute approximate surface area is 96.2 Å². The maximum atomic E-state index is 11.5. The molecule has 0 fully saturated rings. The van der Waals surface area contributed by atoms with E-state index in [1.165, 1.54) is 0 Å². The summed E-state index contributed by atoms with van der Waals surface area (Å²) in [6, 6.07) is 4.02. The van der Waals surface area contributed by atoms with E-state index in [9.17, 15) is 4.79 Å². The summed E-state index contributed by atoms with van der Waals surface area (Å²) in [7, 11) is 0. The fourth-order valence-corrected chi connectivity index (χ4v) is 1.45. The molecule has 0 aliphatic heterocycles. The van der Waals surface area contributed by atoms with Crippen molar-refractivity contribution in [3.63, 3.8) is 0 Å². The van der Waals surface area contributed by atoms with Crippen molar-refractivity contribution in [1.29, 1.82) is 0 Å². The maximum Gasteiger partial charge on any atom is 0.325 e. The van der Waals surface area contributed by atoms with Gasteiger partial charge in [-0.05, 0) is 32.9 Å². The monoisotopic (exact) mass is 222 g/mol. The van der Waals surface area contributed by atoms with Gasteiger partial charge < -0.3 is 9.64 Å². The highest BCUT2D eigenvalue weighted by atomic mass is 16.5. The molecule has 88 valence electrons. The number of ether oxygens (including phenoxy) is 1. The summed E-state index contributed by atoms with van der Waals surface area (Å²) in [5, 5.41) is 0. The van der Waals surface area contributed by atoms with Gasteiger partial charge in [-0.3, -0.25) is 9.78 Å². The lowest BCUT2D eigenvalue weighted by molar-refractivity contribution is -0.141. The minimum Gasteiger partial charge on any atom is -0.465 e. The Hall–Kier alpha value is -1.58. The van der Waals surface area contributed by atoms with Crippen molar-refractivity contribution in [2.24, 2.45) is 0 Å². The summed E-state index contributed by atoms with van der Waals surface area (Å²) in [4.78, 5) is 17.4. The summed E-state index contributed by atoms with van der Waals surface area (Å²) >= 11 is 0. The molecule has 0 spiro atoms. The lowest BCUT2D eigenvalue weighted by atomic mass is 10.2. The molecule has 16 heavy (non-hydrogen) atoms. The van der Waals surface area contributed by atoms with Crippen LogP contribution < -0.4 is 4.90 Å². The second-order valence-electron chi connectivity index (χ2n) is 3.73. The number of hydrogen-bond donors (Lipinski definition) is 0. The first kappa shape index (κ1) is 12.5. The van der Waals surface area contributed by atoms with Crippen LogP contribution in [-0.2, 0) is 9.53 Å². The molecule has 1 aromatic heterocycles.